The van der Waals surface area contributed by atoms with Gasteiger partial charge in [-0.2, -0.15) is 0 Å². The Hall–Kier alpha value is -2.57. The molecule has 1 aromatic heterocycles. The maximum Gasteiger partial charge on any atom is 0.341 e. The van der Waals surface area contributed by atoms with Gasteiger partial charge in [0, 0.05) is 15.5 Å². The maximum absolute atomic E-state index is 13.2. The second-order valence-corrected chi connectivity index (χ2v) is 9.48. The van der Waals surface area contributed by atoms with Crippen LogP contribution in [0.15, 0.2) is 59.5 Å². The molecule has 0 fully saturated rings. The third-order valence-electron chi connectivity index (χ3n) is 5.25. The zero-order valence-electron chi connectivity index (χ0n) is 17.5. The molecular formula is C25H25NO3S2. The van der Waals surface area contributed by atoms with E-state index in [9.17, 15) is 9.59 Å². The fourth-order valence-electron chi connectivity index (χ4n) is 3.76. The van der Waals surface area contributed by atoms with Crippen LogP contribution in [0.3, 0.4) is 0 Å². The number of aryl methyl sites for hydroxylation is 1. The van der Waals surface area contributed by atoms with Crippen LogP contribution in [0.4, 0.5) is 5.00 Å². The predicted molar refractivity (Wildman–Crippen MR) is 127 cm³/mol. The molecule has 0 saturated carbocycles. The highest BCUT2D eigenvalue weighted by Gasteiger charge is 2.27. The van der Waals surface area contributed by atoms with Crippen molar-refractivity contribution in [3.63, 3.8) is 0 Å². The molecule has 4 nitrogen and oxygen atoms in total. The van der Waals surface area contributed by atoms with Crippen LogP contribution in [-0.4, -0.2) is 18.5 Å². The number of esters is 1. The SMILES string of the molecule is CCOC(=O)c1c(NC(=O)c2ccccc2SCc2ccccc2)sc2c1CCCC2. The summed E-state index contributed by atoms with van der Waals surface area (Å²) in [4.78, 5) is 28.0. The van der Waals surface area contributed by atoms with Crippen molar-refractivity contribution in [2.24, 2.45) is 0 Å². The number of ether oxygens (including phenoxy) is 1. The highest BCUT2D eigenvalue weighted by molar-refractivity contribution is 7.98. The van der Waals surface area contributed by atoms with Crippen LogP contribution in [0.2, 0.25) is 0 Å². The Morgan fingerprint density at radius 1 is 1.03 bits per heavy atom. The first-order chi connectivity index (χ1) is 15.2. The van der Waals surface area contributed by atoms with E-state index in [1.165, 1.54) is 21.8 Å². The van der Waals surface area contributed by atoms with E-state index in [0.29, 0.717) is 22.7 Å². The molecule has 1 N–H and O–H groups in total. The van der Waals surface area contributed by atoms with Gasteiger partial charge in [0.05, 0.1) is 17.7 Å². The standard InChI is InChI=1S/C25H25NO3S2/c1-2-29-25(28)22-18-12-6-9-15-21(18)31-24(22)26-23(27)19-13-7-8-14-20(19)30-16-17-10-4-3-5-11-17/h3-5,7-8,10-11,13-14H,2,6,9,12,15-16H2,1H3,(H,26,27). The van der Waals surface area contributed by atoms with Gasteiger partial charge < -0.3 is 10.1 Å². The van der Waals surface area contributed by atoms with E-state index in [0.717, 1.165) is 41.9 Å². The Kier molecular flexibility index (Phi) is 7.10. The van der Waals surface area contributed by atoms with Gasteiger partial charge in [-0.05, 0) is 55.9 Å². The van der Waals surface area contributed by atoms with E-state index >= 15 is 0 Å². The summed E-state index contributed by atoms with van der Waals surface area (Å²) in [7, 11) is 0. The van der Waals surface area contributed by atoms with Gasteiger partial charge in [0.25, 0.3) is 5.91 Å². The minimum absolute atomic E-state index is 0.194. The van der Waals surface area contributed by atoms with Crippen molar-refractivity contribution in [3.8, 4) is 0 Å². The lowest BCUT2D eigenvalue weighted by atomic mass is 9.95. The summed E-state index contributed by atoms with van der Waals surface area (Å²) in [6.07, 6.45) is 3.98. The summed E-state index contributed by atoms with van der Waals surface area (Å²) in [6.45, 7) is 2.12. The first-order valence-corrected chi connectivity index (χ1v) is 12.4. The fourth-order valence-corrected chi connectivity index (χ4v) is 6.04. The lowest BCUT2D eigenvalue weighted by Gasteiger charge is -2.13. The van der Waals surface area contributed by atoms with E-state index in [1.807, 2.05) is 42.5 Å². The summed E-state index contributed by atoms with van der Waals surface area (Å²) in [5, 5.41) is 3.64. The van der Waals surface area contributed by atoms with Crippen LogP contribution in [0.5, 0.6) is 0 Å². The van der Waals surface area contributed by atoms with Crippen molar-refractivity contribution in [1.29, 1.82) is 0 Å². The van der Waals surface area contributed by atoms with Crippen molar-refractivity contribution >= 4 is 40.0 Å². The molecule has 1 amide bonds. The molecule has 0 radical (unpaired) electrons. The number of benzene rings is 2. The molecule has 0 unspecified atom stereocenters. The lowest BCUT2D eigenvalue weighted by Crippen LogP contribution is -2.16. The Balaban J connectivity index is 1.58. The summed E-state index contributed by atoms with van der Waals surface area (Å²) in [6, 6.07) is 17.8. The van der Waals surface area contributed by atoms with Crippen LogP contribution in [0.25, 0.3) is 0 Å². The largest absolute Gasteiger partial charge is 0.462 e. The number of hydrogen-bond donors (Lipinski definition) is 1. The topological polar surface area (TPSA) is 55.4 Å². The smallest absolute Gasteiger partial charge is 0.341 e. The highest BCUT2D eigenvalue weighted by atomic mass is 32.2. The van der Waals surface area contributed by atoms with Crippen LogP contribution in [0, 0.1) is 0 Å². The summed E-state index contributed by atoms with van der Waals surface area (Å²) >= 11 is 3.15. The van der Waals surface area contributed by atoms with Gasteiger partial charge in [-0.3, -0.25) is 4.79 Å². The third kappa shape index (κ3) is 5.02. The Bertz CT molecular complexity index is 1080. The van der Waals surface area contributed by atoms with Crippen molar-refractivity contribution in [1.82, 2.24) is 0 Å². The molecule has 0 spiro atoms. The fraction of sp³-hybridized carbons (Fsp3) is 0.280. The van der Waals surface area contributed by atoms with Gasteiger partial charge in [-0.15, -0.1) is 23.1 Å². The van der Waals surface area contributed by atoms with E-state index in [4.69, 9.17) is 4.74 Å². The lowest BCUT2D eigenvalue weighted by molar-refractivity contribution is 0.0526. The van der Waals surface area contributed by atoms with Crippen molar-refractivity contribution in [2.75, 3.05) is 11.9 Å². The molecule has 0 aliphatic heterocycles. The maximum atomic E-state index is 13.2. The Morgan fingerprint density at radius 3 is 2.58 bits per heavy atom. The van der Waals surface area contributed by atoms with Gasteiger partial charge in [-0.1, -0.05) is 42.5 Å². The number of thioether (sulfide) groups is 1. The molecule has 0 atom stereocenters. The molecule has 160 valence electrons. The van der Waals surface area contributed by atoms with E-state index in [1.54, 1.807) is 18.7 Å². The number of carbonyl (C=O) groups is 2. The van der Waals surface area contributed by atoms with Gasteiger partial charge in [0.15, 0.2) is 0 Å². The molecule has 31 heavy (non-hydrogen) atoms. The van der Waals surface area contributed by atoms with Crippen LogP contribution >= 0.6 is 23.1 Å². The number of nitrogens with one attached hydrogen (secondary N) is 1. The Morgan fingerprint density at radius 2 is 1.77 bits per heavy atom. The summed E-state index contributed by atoms with van der Waals surface area (Å²) in [5.74, 6) is 0.246. The number of thiophene rings is 1. The number of anilines is 1. The molecule has 6 heteroatoms. The van der Waals surface area contributed by atoms with Gasteiger partial charge in [0.1, 0.15) is 5.00 Å². The zero-order valence-corrected chi connectivity index (χ0v) is 19.1. The third-order valence-corrected chi connectivity index (χ3v) is 7.60. The first-order valence-electron chi connectivity index (χ1n) is 10.6. The number of rotatable bonds is 7. The molecular weight excluding hydrogens is 426 g/mol. The minimum Gasteiger partial charge on any atom is -0.462 e. The molecule has 4 rings (SSSR count). The summed E-state index contributed by atoms with van der Waals surface area (Å²) < 4.78 is 5.30. The highest BCUT2D eigenvalue weighted by Crippen LogP contribution is 2.39. The van der Waals surface area contributed by atoms with Crippen molar-refractivity contribution < 1.29 is 14.3 Å². The van der Waals surface area contributed by atoms with E-state index < -0.39 is 0 Å². The van der Waals surface area contributed by atoms with Crippen LogP contribution < -0.4 is 5.32 Å². The van der Waals surface area contributed by atoms with Crippen molar-refractivity contribution in [2.45, 2.75) is 43.3 Å². The number of carbonyl (C=O) groups excluding carboxylic acids is 2. The predicted octanol–water partition coefficient (Wildman–Crippen LogP) is 6.35. The van der Waals surface area contributed by atoms with Crippen LogP contribution in [0.1, 0.15) is 56.5 Å². The molecule has 0 saturated heterocycles. The zero-order chi connectivity index (χ0) is 21.6. The second kappa shape index (κ2) is 10.2. The molecule has 0 bridgehead atoms. The molecule has 1 heterocycles. The first kappa shape index (κ1) is 21.7. The number of amides is 1. The van der Waals surface area contributed by atoms with E-state index in [-0.39, 0.29) is 11.9 Å². The quantitative estimate of drug-likeness (QED) is 0.336. The Labute approximate surface area is 191 Å². The average molecular weight is 452 g/mol. The van der Waals surface area contributed by atoms with E-state index in [2.05, 4.69) is 17.4 Å². The van der Waals surface area contributed by atoms with Crippen molar-refractivity contribution in [3.05, 3.63) is 81.7 Å². The second-order valence-electron chi connectivity index (χ2n) is 7.36. The normalized spacial score (nSPS) is 12.8. The molecule has 1 aliphatic rings. The molecule has 3 aromatic rings. The van der Waals surface area contributed by atoms with Crippen LogP contribution in [-0.2, 0) is 23.3 Å². The minimum atomic E-state index is -0.344. The van der Waals surface area contributed by atoms with Gasteiger partial charge >= 0.3 is 5.97 Å². The number of hydrogen-bond acceptors (Lipinski definition) is 5. The number of fused-ring (bicyclic) bond motifs is 1. The summed E-state index contributed by atoms with van der Waals surface area (Å²) in [5.41, 5.74) is 3.42. The monoisotopic (exact) mass is 451 g/mol. The van der Waals surface area contributed by atoms with Gasteiger partial charge in [-0.25, -0.2) is 4.79 Å². The molecule has 1 aliphatic carbocycles. The van der Waals surface area contributed by atoms with Gasteiger partial charge in [0.2, 0.25) is 0 Å². The average Bonchev–Trinajstić information content (AvgIpc) is 3.16. The molecule has 2 aromatic carbocycles.